The molecule has 1 heterocycles. The van der Waals surface area contributed by atoms with E-state index in [0.717, 1.165) is 5.56 Å². The van der Waals surface area contributed by atoms with Crippen molar-refractivity contribution in [3.05, 3.63) is 59.7 Å². The molecule has 0 spiro atoms. The van der Waals surface area contributed by atoms with E-state index in [1.807, 2.05) is 30.3 Å². The number of benzene rings is 2. The minimum Gasteiger partial charge on any atom is -0.507 e. The van der Waals surface area contributed by atoms with E-state index in [2.05, 4.69) is 15.0 Å². The van der Waals surface area contributed by atoms with Crippen LogP contribution in [0.25, 0.3) is 23.5 Å². The highest BCUT2D eigenvalue weighted by Gasteiger charge is 2.09. The van der Waals surface area contributed by atoms with Crippen LogP contribution < -0.4 is 9.47 Å². The van der Waals surface area contributed by atoms with Crippen LogP contribution in [0.15, 0.2) is 42.5 Å². The average Bonchev–Trinajstić information content (AvgIpc) is 2.66. The number of aromatic nitrogens is 3. The minimum atomic E-state index is 0.132. The maximum atomic E-state index is 10.0. The van der Waals surface area contributed by atoms with Crippen molar-refractivity contribution in [2.45, 2.75) is 6.92 Å². The topological polar surface area (TPSA) is 77.4 Å². The highest BCUT2D eigenvalue weighted by atomic mass is 16.5. The lowest BCUT2D eigenvalue weighted by atomic mass is 10.1. The molecule has 0 aliphatic heterocycles. The Labute approximate surface area is 151 Å². The molecule has 2 aromatic carbocycles. The highest BCUT2D eigenvalue weighted by Crippen LogP contribution is 2.28. The van der Waals surface area contributed by atoms with Crippen molar-refractivity contribution in [2.24, 2.45) is 0 Å². The molecule has 3 rings (SSSR count). The van der Waals surface area contributed by atoms with Crippen LogP contribution in [0, 0.1) is 6.92 Å². The van der Waals surface area contributed by atoms with E-state index in [9.17, 15) is 5.11 Å². The van der Waals surface area contributed by atoms with Crippen LogP contribution in [0.4, 0.5) is 0 Å². The Balaban J connectivity index is 1.93. The Morgan fingerprint density at radius 3 is 2.38 bits per heavy atom. The van der Waals surface area contributed by atoms with Crippen LogP contribution in [0.2, 0.25) is 0 Å². The predicted octanol–water partition coefficient (Wildman–Crippen LogP) is 3.74. The van der Waals surface area contributed by atoms with Gasteiger partial charge in [-0.25, -0.2) is 15.0 Å². The zero-order chi connectivity index (χ0) is 18.5. The summed E-state index contributed by atoms with van der Waals surface area (Å²) in [6.07, 6.45) is 3.67. The molecular formula is C20H19N3O3. The first-order valence-electron chi connectivity index (χ1n) is 8.02. The molecule has 0 bridgehead atoms. The summed E-state index contributed by atoms with van der Waals surface area (Å²) in [7, 11) is 3.20. The van der Waals surface area contributed by atoms with Gasteiger partial charge in [0.15, 0.2) is 23.1 Å². The van der Waals surface area contributed by atoms with E-state index in [0.29, 0.717) is 34.5 Å². The van der Waals surface area contributed by atoms with Crippen LogP contribution in [0.5, 0.6) is 17.2 Å². The first kappa shape index (κ1) is 17.4. The SMILES string of the molecule is COc1ccc(/C=C/c2nc(C)nc(-c3ccccc3O)n2)cc1OC. The maximum absolute atomic E-state index is 10.0. The van der Waals surface area contributed by atoms with Gasteiger partial charge in [-0.1, -0.05) is 24.3 Å². The van der Waals surface area contributed by atoms with Crippen LogP contribution in [-0.2, 0) is 0 Å². The van der Waals surface area contributed by atoms with Crippen molar-refractivity contribution < 1.29 is 14.6 Å². The first-order valence-corrected chi connectivity index (χ1v) is 8.02. The summed E-state index contributed by atoms with van der Waals surface area (Å²) >= 11 is 0. The third-order valence-electron chi connectivity index (χ3n) is 3.74. The lowest BCUT2D eigenvalue weighted by molar-refractivity contribution is 0.355. The molecule has 132 valence electrons. The van der Waals surface area contributed by atoms with E-state index >= 15 is 0 Å². The molecule has 3 aromatic rings. The summed E-state index contributed by atoms with van der Waals surface area (Å²) in [5.74, 6) is 2.96. The summed E-state index contributed by atoms with van der Waals surface area (Å²) in [6.45, 7) is 1.79. The molecule has 0 saturated carbocycles. The van der Waals surface area contributed by atoms with Crippen molar-refractivity contribution in [2.75, 3.05) is 14.2 Å². The van der Waals surface area contributed by atoms with Gasteiger partial charge in [0.1, 0.15) is 11.6 Å². The minimum absolute atomic E-state index is 0.132. The Hall–Kier alpha value is -3.41. The Bertz CT molecular complexity index is 955. The molecule has 0 amide bonds. The number of rotatable bonds is 5. The summed E-state index contributed by atoms with van der Waals surface area (Å²) in [5.41, 5.74) is 1.49. The largest absolute Gasteiger partial charge is 0.507 e. The smallest absolute Gasteiger partial charge is 0.167 e. The molecule has 0 saturated heterocycles. The zero-order valence-electron chi connectivity index (χ0n) is 14.8. The Morgan fingerprint density at radius 2 is 1.65 bits per heavy atom. The number of para-hydroxylation sites is 1. The molecule has 0 fully saturated rings. The number of aryl methyl sites for hydroxylation is 1. The molecule has 0 unspecified atom stereocenters. The quantitative estimate of drug-likeness (QED) is 0.756. The monoisotopic (exact) mass is 349 g/mol. The first-order chi connectivity index (χ1) is 12.6. The lowest BCUT2D eigenvalue weighted by Gasteiger charge is -2.07. The molecule has 26 heavy (non-hydrogen) atoms. The van der Waals surface area contributed by atoms with Crippen LogP contribution in [0.3, 0.4) is 0 Å². The Morgan fingerprint density at radius 1 is 0.885 bits per heavy atom. The molecule has 1 aromatic heterocycles. The molecule has 1 N–H and O–H groups in total. The average molecular weight is 349 g/mol. The van der Waals surface area contributed by atoms with Crippen molar-refractivity contribution in [3.8, 4) is 28.6 Å². The van der Waals surface area contributed by atoms with Gasteiger partial charge >= 0.3 is 0 Å². The van der Waals surface area contributed by atoms with E-state index in [-0.39, 0.29) is 5.75 Å². The van der Waals surface area contributed by atoms with Crippen molar-refractivity contribution in [1.29, 1.82) is 0 Å². The lowest BCUT2D eigenvalue weighted by Crippen LogP contribution is -1.99. The second kappa shape index (κ2) is 7.65. The van der Waals surface area contributed by atoms with Gasteiger partial charge in [0.2, 0.25) is 0 Å². The van der Waals surface area contributed by atoms with E-state index < -0.39 is 0 Å². The van der Waals surface area contributed by atoms with Crippen molar-refractivity contribution >= 4 is 12.2 Å². The van der Waals surface area contributed by atoms with Gasteiger partial charge in [-0.2, -0.15) is 0 Å². The van der Waals surface area contributed by atoms with Crippen LogP contribution >= 0.6 is 0 Å². The summed E-state index contributed by atoms with van der Waals surface area (Å²) in [5, 5.41) is 10.0. The van der Waals surface area contributed by atoms with Crippen LogP contribution in [-0.4, -0.2) is 34.3 Å². The summed E-state index contributed by atoms with van der Waals surface area (Å²) in [6, 6.07) is 12.6. The fourth-order valence-corrected chi connectivity index (χ4v) is 2.49. The number of phenols is 1. The van der Waals surface area contributed by atoms with Gasteiger partial charge in [-0.15, -0.1) is 0 Å². The van der Waals surface area contributed by atoms with Gasteiger partial charge in [0, 0.05) is 0 Å². The third-order valence-corrected chi connectivity index (χ3v) is 3.74. The number of ether oxygens (including phenoxy) is 2. The van der Waals surface area contributed by atoms with E-state index in [1.165, 1.54) is 0 Å². The number of aromatic hydroxyl groups is 1. The maximum Gasteiger partial charge on any atom is 0.167 e. The molecule has 0 radical (unpaired) electrons. The molecule has 0 aliphatic rings. The Kier molecular flexibility index (Phi) is 5.12. The third kappa shape index (κ3) is 3.80. The molecule has 6 nitrogen and oxygen atoms in total. The van der Waals surface area contributed by atoms with Gasteiger partial charge in [0.05, 0.1) is 19.8 Å². The summed E-state index contributed by atoms with van der Waals surface area (Å²) in [4.78, 5) is 13.1. The summed E-state index contributed by atoms with van der Waals surface area (Å²) < 4.78 is 10.6. The van der Waals surface area contributed by atoms with Crippen molar-refractivity contribution in [3.63, 3.8) is 0 Å². The molecule has 0 atom stereocenters. The standard InChI is InChI=1S/C20H19N3O3/c1-13-21-19(23-20(22-13)15-6-4-5-7-16(15)24)11-9-14-8-10-17(25-2)18(12-14)26-3/h4-12,24H,1-3H3/b11-9+. The van der Waals surface area contributed by atoms with Crippen LogP contribution in [0.1, 0.15) is 17.2 Å². The van der Waals surface area contributed by atoms with E-state index in [4.69, 9.17) is 9.47 Å². The molecule has 0 aliphatic carbocycles. The number of hydrogen-bond acceptors (Lipinski definition) is 6. The van der Waals surface area contributed by atoms with Gasteiger partial charge < -0.3 is 14.6 Å². The van der Waals surface area contributed by atoms with Gasteiger partial charge in [-0.05, 0) is 42.8 Å². The fraction of sp³-hybridized carbons (Fsp3) is 0.150. The highest BCUT2D eigenvalue weighted by molar-refractivity contribution is 5.70. The molecular weight excluding hydrogens is 330 g/mol. The normalized spacial score (nSPS) is 10.9. The predicted molar refractivity (Wildman–Crippen MR) is 100 cm³/mol. The van der Waals surface area contributed by atoms with Gasteiger partial charge in [0.25, 0.3) is 0 Å². The number of phenolic OH excluding ortho intramolecular Hbond substituents is 1. The second-order valence-corrected chi connectivity index (χ2v) is 5.53. The van der Waals surface area contributed by atoms with Crippen molar-refractivity contribution in [1.82, 2.24) is 15.0 Å². The van der Waals surface area contributed by atoms with Gasteiger partial charge in [-0.3, -0.25) is 0 Å². The zero-order valence-corrected chi connectivity index (χ0v) is 14.8. The van der Waals surface area contributed by atoms with E-state index in [1.54, 1.807) is 45.4 Å². The second-order valence-electron chi connectivity index (χ2n) is 5.53. The fourth-order valence-electron chi connectivity index (χ4n) is 2.49. The molecule has 6 heteroatoms. The number of hydrogen-bond donors (Lipinski definition) is 1. The number of methoxy groups -OCH3 is 2. The number of nitrogens with zero attached hydrogens (tertiary/aromatic N) is 3.